The molecule has 0 unspecified atom stereocenters. The van der Waals surface area contributed by atoms with Gasteiger partial charge in [-0.25, -0.2) is 9.97 Å². The number of nitrogens with one attached hydrogen (secondary N) is 1. The third-order valence-corrected chi connectivity index (χ3v) is 13.2. The van der Waals surface area contributed by atoms with Crippen LogP contribution in [0.4, 0.5) is 0 Å². The van der Waals surface area contributed by atoms with Crippen LogP contribution < -0.4 is 32.0 Å². The minimum atomic E-state index is -1.24. The van der Waals surface area contributed by atoms with Gasteiger partial charge in [-0.2, -0.15) is 5.26 Å². The van der Waals surface area contributed by atoms with E-state index in [1.54, 1.807) is 51.1 Å². The summed E-state index contributed by atoms with van der Waals surface area (Å²) in [6, 6.07) is 18.6. The van der Waals surface area contributed by atoms with E-state index < -0.39 is 41.5 Å². The van der Waals surface area contributed by atoms with Crippen LogP contribution in [0.25, 0.3) is 22.5 Å². The third-order valence-electron chi connectivity index (χ3n) is 13.2. The first kappa shape index (κ1) is 50.1. The number of ketones is 3. The normalized spacial score (nSPS) is 18.2. The Labute approximate surface area is 393 Å². The standard InChI is InChI=1S/C52H64N8O7/c1-6-52(18-19-52)38-13-10-35(11-14-38)49-57-32(3)47(33(4)58-49)43(62)30-37(17-21-54)51(65)60(5)48-36-12-16-46(67-25-23-56)40(29-36)39-27-34(9-15-45(39)66-24-22-55)28-41(42(61)8-7-20-53)59-50(64)31(2)26-44(48)63/h9-16,27,29,31,37,41,48H,6-8,17-19,21-26,28,30,54-56H2,1-5H3,(H,59,64)/t31-,37-,41+,48+/m1/s1. The van der Waals surface area contributed by atoms with Gasteiger partial charge in [0.05, 0.1) is 29.1 Å². The Morgan fingerprint density at radius 2 is 1.52 bits per heavy atom. The zero-order valence-electron chi connectivity index (χ0n) is 39.4. The first-order valence-corrected chi connectivity index (χ1v) is 23.3. The molecular formula is C52H64N8O7. The Morgan fingerprint density at radius 3 is 2.10 bits per heavy atom. The predicted octanol–water partition coefficient (Wildman–Crippen LogP) is 5.79. The van der Waals surface area contributed by atoms with Gasteiger partial charge in [0.15, 0.2) is 23.2 Å². The summed E-state index contributed by atoms with van der Waals surface area (Å²) in [6.07, 6.45) is 3.08. The molecule has 15 nitrogen and oxygen atoms in total. The zero-order chi connectivity index (χ0) is 48.4. The fourth-order valence-corrected chi connectivity index (χ4v) is 9.19. The van der Waals surface area contributed by atoms with Crippen LogP contribution in [0.5, 0.6) is 11.5 Å². The molecular weight excluding hydrogens is 849 g/mol. The van der Waals surface area contributed by atoms with Crippen LogP contribution in [0.15, 0.2) is 60.7 Å². The lowest BCUT2D eigenvalue weighted by molar-refractivity contribution is -0.142. The number of hydrogen-bond donors (Lipinski definition) is 4. The highest BCUT2D eigenvalue weighted by atomic mass is 16.5. The quantitative estimate of drug-likeness (QED) is 0.0815. The van der Waals surface area contributed by atoms with Crippen molar-refractivity contribution in [1.29, 1.82) is 5.26 Å². The molecule has 67 heavy (non-hydrogen) atoms. The van der Waals surface area contributed by atoms with Crippen LogP contribution in [-0.4, -0.2) is 90.0 Å². The van der Waals surface area contributed by atoms with E-state index in [0.717, 1.165) is 12.0 Å². The molecule has 1 fully saturated rings. The van der Waals surface area contributed by atoms with E-state index in [1.807, 2.05) is 24.3 Å². The van der Waals surface area contributed by atoms with Gasteiger partial charge in [-0.1, -0.05) is 50.2 Å². The lowest BCUT2D eigenvalue weighted by Crippen LogP contribution is -2.46. The summed E-state index contributed by atoms with van der Waals surface area (Å²) in [5.74, 6) is -2.62. The number of nitriles is 1. The van der Waals surface area contributed by atoms with Gasteiger partial charge in [0.2, 0.25) is 11.8 Å². The third kappa shape index (κ3) is 11.6. The molecule has 354 valence electrons. The molecule has 1 aromatic heterocycles. The zero-order valence-corrected chi connectivity index (χ0v) is 39.4. The van der Waals surface area contributed by atoms with Crippen molar-refractivity contribution >= 4 is 29.2 Å². The Kier molecular flexibility index (Phi) is 16.8. The van der Waals surface area contributed by atoms with Gasteiger partial charge in [0, 0.05) is 74.3 Å². The minimum Gasteiger partial charge on any atom is -0.492 e. The number of benzene rings is 3. The second kappa shape index (κ2) is 22.4. The van der Waals surface area contributed by atoms with Crippen molar-refractivity contribution in [3.63, 3.8) is 0 Å². The minimum absolute atomic E-state index is 0.0301. The van der Waals surface area contributed by atoms with Crippen molar-refractivity contribution in [3.8, 4) is 40.1 Å². The summed E-state index contributed by atoms with van der Waals surface area (Å²) in [5, 5.41) is 12.1. The van der Waals surface area contributed by atoms with Gasteiger partial charge in [-0.15, -0.1) is 0 Å². The average Bonchev–Trinajstić information content (AvgIpc) is 4.12. The molecule has 2 aliphatic rings. The summed E-state index contributed by atoms with van der Waals surface area (Å²) >= 11 is 0. The molecule has 2 heterocycles. The van der Waals surface area contributed by atoms with Crippen LogP contribution >= 0.6 is 0 Å². The molecule has 7 N–H and O–H groups in total. The molecule has 15 heteroatoms. The molecule has 1 saturated carbocycles. The Hall–Kier alpha value is -6.34. The molecule has 3 aromatic carbocycles. The van der Waals surface area contributed by atoms with Crippen molar-refractivity contribution < 1.29 is 33.4 Å². The van der Waals surface area contributed by atoms with Gasteiger partial charge < -0.3 is 36.9 Å². The Balaban J connectivity index is 1.37. The van der Waals surface area contributed by atoms with Gasteiger partial charge in [0.1, 0.15) is 30.8 Å². The van der Waals surface area contributed by atoms with Crippen molar-refractivity contribution in [2.45, 2.75) is 103 Å². The summed E-state index contributed by atoms with van der Waals surface area (Å²) in [6.45, 7) is 8.19. The largest absolute Gasteiger partial charge is 0.492 e. The number of Topliss-reactive ketones (excluding diaryl/α,β-unsaturated/α-hetero) is 3. The summed E-state index contributed by atoms with van der Waals surface area (Å²) in [4.78, 5) is 82.1. The van der Waals surface area contributed by atoms with Crippen LogP contribution in [0.1, 0.15) is 110 Å². The molecule has 4 bridgehead atoms. The van der Waals surface area contributed by atoms with Crippen LogP contribution in [0.3, 0.4) is 0 Å². The number of aromatic nitrogens is 2. The van der Waals surface area contributed by atoms with E-state index >= 15 is 0 Å². The number of rotatable bonds is 19. The summed E-state index contributed by atoms with van der Waals surface area (Å²) in [7, 11) is 1.51. The number of carbonyl (C=O) groups is 5. The number of aryl methyl sites for hydroxylation is 2. The van der Waals surface area contributed by atoms with E-state index in [2.05, 4.69) is 24.4 Å². The number of fused-ring (bicyclic) bond motifs is 5. The highest BCUT2D eigenvalue weighted by molar-refractivity contribution is 6.01. The van der Waals surface area contributed by atoms with E-state index in [-0.39, 0.29) is 88.4 Å². The van der Waals surface area contributed by atoms with Crippen molar-refractivity contribution in [3.05, 3.63) is 94.3 Å². The monoisotopic (exact) mass is 912 g/mol. The maximum absolute atomic E-state index is 14.8. The number of nitrogens with two attached hydrogens (primary N) is 3. The average molecular weight is 913 g/mol. The number of likely N-dealkylation sites (N-methyl/N-ethyl adjacent to an activating group) is 1. The van der Waals surface area contributed by atoms with Gasteiger partial charge in [0.25, 0.3) is 0 Å². The summed E-state index contributed by atoms with van der Waals surface area (Å²) in [5.41, 5.74) is 23.7. The highest BCUT2D eigenvalue weighted by Gasteiger charge is 2.42. The number of hydrogen-bond acceptors (Lipinski definition) is 13. The number of ether oxygens (including phenoxy) is 2. The van der Waals surface area contributed by atoms with Crippen molar-refractivity contribution in [1.82, 2.24) is 20.2 Å². The number of nitrogens with zero attached hydrogens (tertiary/aromatic N) is 4. The SMILES string of the molecule is CCC1(c2ccc(-c3nc(C)c(C(=O)C[C@@H](CCN)C(=O)N(C)[C@@H]4C(=O)C[C@@H](C)C(=O)N[C@H](C(=O)CCC#N)Cc5ccc(OCCN)c(c5)-c5cc4ccc5OCCN)c(C)n3)cc2)CC1. The van der Waals surface area contributed by atoms with Crippen molar-refractivity contribution in [2.75, 3.05) is 39.9 Å². The van der Waals surface area contributed by atoms with E-state index in [0.29, 0.717) is 56.5 Å². The van der Waals surface area contributed by atoms with E-state index in [4.69, 9.17) is 36.6 Å². The molecule has 1 aliphatic heterocycles. The molecule has 0 radical (unpaired) electrons. The fourth-order valence-electron chi connectivity index (χ4n) is 9.19. The fraction of sp³-hybridized carbons (Fsp3) is 0.462. The molecule has 4 aromatic rings. The molecule has 4 atom stereocenters. The molecule has 6 rings (SSSR count). The molecule has 1 aliphatic carbocycles. The molecule has 0 spiro atoms. The maximum Gasteiger partial charge on any atom is 0.226 e. The van der Waals surface area contributed by atoms with Gasteiger partial charge in [-0.3, -0.25) is 24.0 Å². The van der Waals surface area contributed by atoms with Crippen LogP contribution in [-0.2, 0) is 31.0 Å². The van der Waals surface area contributed by atoms with Gasteiger partial charge >= 0.3 is 0 Å². The maximum atomic E-state index is 14.8. The van der Waals surface area contributed by atoms with Crippen LogP contribution in [0.2, 0.25) is 0 Å². The number of carbonyl (C=O) groups excluding carboxylic acids is 5. The van der Waals surface area contributed by atoms with Crippen molar-refractivity contribution in [2.24, 2.45) is 29.0 Å². The summed E-state index contributed by atoms with van der Waals surface area (Å²) < 4.78 is 12.3. The lowest BCUT2D eigenvalue weighted by Gasteiger charge is -2.32. The Morgan fingerprint density at radius 1 is 0.896 bits per heavy atom. The first-order valence-electron chi connectivity index (χ1n) is 23.3. The topological polar surface area (TPSA) is 247 Å². The van der Waals surface area contributed by atoms with Gasteiger partial charge in [-0.05, 0) is 98.9 Å². The highest BCUT2D eigenvalue weighted by Crippen LogP contribution is 2.51. The Bertz CT molecular complexity index is 2490. The smallest absolute Gasteiger partial charge is 0.226 e. The molecule has 2 amide bonds. The second-order valence-electron chi connectivity index (χ2n) is 17.9. The van der Waals surface area contributed by atoms with E-state index in [9.17, 15) is 29.2 Å². The first-order chi connectivity index (χ1) is 32.2. The second-order valence-corrected chi connectivity index (χ2v) is 17.9. The molecule has 0 saturated heterocycles. The van der Waals surface area contributed by atoms with Crippen LogP contribution in [0, 0.1) is 37.0 Å². The predicted molar refractivity (Wildman–Crippen MR) is 255 cm³/mol. The lowest BCUT2D eigenvalue weighted by atomic mass is 9.88. The van der Waals surface area contributed by atoms with E-state index in [1.165, 1.54) is 30.4 Å². The number of amides is 2.